The van der Waals surface area contributed by atoms with Crippen molar-refractivity contribution in [2.24, 2.45) is 0 Å². The maximum absolute atomic E-state index is 12.0. The minimum atomic E-state index is -3.57. The quantitative estimate of drug-likeness (QED) is 0.409. The van der Waals surface area contributed by atoms with E-state index in [4.69, 9.17) is 14.1 Å². The Morgan fingerprint density at radius 1 is 1.03 bits per heavy atom. The van der Waals surface area contributed by atoms with Crippen molar-refractivity contribution in [2.45, 2.75) is 5.16 Å². The summed E-state index contributed by atoms with van der Waals surface area (Å²) in [6, 6.07) is 14.8. The molecule has 0 aliphatic heterocycles. The number of aromatic nitrogens is 4. The van der Waals surface area contributed by atoms with Gasteiger partial charge in [-0.3, -0.25) is 4.57 Å². The van der Waals surface area contributed by atoms with E-state index in [1.807, 2.05) is 42.5 Å². The molecule has 9 heteroatoms. The van der Waals surface area contributed by atoms with E-state index in [0.29, 0.717) is 17.4 Å². The highest BCUT2D eigenvalue weighted by Gasteiger charge is 2.19. The summed E-state index contributed by atoms with van der Waals surface area (Å²) in [5, 5.41) is 0.684. The SMILES string of the molecule is COc1ccc2nc(-c3ccc4occc4c3)n(-c3ccnc(S(C)(=O)=O)n3)c2c1. The molecule has 0 bridgehead atoms. The number of benzene rings is 2. The largest absolute Gasteiger partial charge is 0.497 e. The van der Waals surface area contributed by atoms with Crippen LogP contribution in [0.15, 0.2) is 70.6 Å². The van der Waals surface area contributed by atoms with E-state index >= 15 is 0 Å². The first-order chi connectivity index (χ1) is 14.4. The Bertz CT molecular complexity index is 1520. The second-order valence-electron chi connectivity index (χ2n) is 6.77. The van der Waals surface area contributed by atoms with Crippen LogP contribution in [0.25, 0.3) is 39.2 Å². The molecule has 30 heavy (non-hydrogen) atoms. The van der Waals surface area contributed by atoms with Crippen molar-refractivity contribution >= 4 is 31.8 Å². The number of furan rings is 1. The Hall–Kier alpha value is -3.72. The van der Waals surface area contributed by atoms with Gasteiger partial charge in [0.1, 0.15) is 23.0 Å². The van der Waals surface area contributed by atoms with Crippen LogP contribution < -0.4 is 4.74 Å². The Balaban J connectivity index is 1.83. The molecular weight excluding hydrogens is 404 g/mol. The first-order valence-electron chi connectivity index (χ1n) is 9.02. The van der Waals surface area contributed by atoms with Gasteiger partial charge in [0, 0.05) is 29.5 Å². The van der Waals surface area contributed by atoms with Gasteiger partial charge >= 0.3 is 0 Å². The van der Waals surface area contributed by atoms with Gasteiger partial charge in [0.15, 0.2) is 0 Å². The molecule has 0 aliphatic rings. The number of nitrogens with zero attached hydrogens (tertiary/aromatic N) is 4. The monoisotopic (exact) mass is 420 g/mol. The van der Waals surface area contributed by atoms with Crippen LogP contribution in [-0.4, -0.2) is 41.3 Å². The summed E-state index contributed by atoms with van der Waals surface area (Å²) in [5.74, 6) is 1.65. The molecule has 3 aromatic heterocycles. The Morgan fingerprint density at radius 3 is 2.70 bits per heavy atom. The number of ether oxygens (including phenoxy) is 1. The lowest BCUT2D eigenvalue weighted by Crippen LogP contribution is -2.08. The Kier molecular flexibility index (Phi) is 4.07. The number of hydrogen-bond donors (Lipinski definition) is 0. The predicted octanol–water partition coefficient (Wildman–Crippen LogP) is 3.64. The zero-order valence-electron chi connectivity index (χ0n) is 16.1. The van der Waals surface area contributed by atoms with Gasteiger partial charge in [-0.15, -0.1) is 0 Å². The fourth-order valence-corrected chi connectivity index (χ4v) is 3.86. The minimum Gasteiger partial charge on any atom is -0.497 e. The third kappa shape index (κ3) is 3.00. The van der Waals surface area contributed by atoms with Crippen LogP contribution in [0.1, 0.15) is 0 Å². The molecule has 0 unspecified atom stereocenters. The third-order valence-electron chi connectivity index (χ3n) is 4.75. The molecule has 2 aromatic carbocycles. The van der Waals surface area contributed by atoms with Gasteiger partial charge in [0.05, 0.1) is 24.4 Å². The van der Waals surface area contributed by atoms with Gasteiger partial charge in [-0.25, -0.2) is 23.4 Å². The van der Waals surface area contributed by atoms with Gasteiger partial charge < -0.3 is 9.15 Å². The van der Waals surface area contributed by atoms with E-state index in [1.54, 1.807) is 24.0 Å². The molecular formula is C21H16N4O4S. The molecule has 0 N–H and O–H groups in total. The lowest BCUT2D eigenvalue weighted by atomic mass is 10.1. The van der Waals surface area contributed by atoms with Gasteiger partial charge in [0.25, 0.3) is 0 Å². The standard InChI is InChI=1S/C21H16N4O4S/c1-28-15-4-5-16-17(12-15)25(19-7-9-22-21(24-19)30(2,26)27)20(23-16)14-3-6-18-13(11-14)8-10-29-18/h3-12H,1-2H3. The molecule has 5 aromatic rings. The molecule has 0 amide bonds. The number of sulfone groups is 1. The topological polar surface area (TPSA) is 100 Å². The zero-order chi connectivity index (χ0) is 20.9. The number of imidazole rings is 1. The molecule has 150 valence electrons. The van der Waals surface area contributed by atoms with E-state index in [2.05, 4.69) is 9.97 Å². The summed E-state index contributed by atoms with van der Waals surface area (Å²) in [4.78, 5) is 13.0. The number of rotatable bonds is 4. The molecule has 0 atom stereocenters. The van der Waals surface area contributed by atoms with Crippen LogP contribution in [0.2, 0.25) is 0 Å². The Morgan fingerprint density at radius 2 is 1.90 bits per heavy atom. The van der Waals surface area contributed by atoms with Gasteiger partial charge in [-0.05, 0) is 42.5 Å². The summed E-state index contributed by atoms with van der Waals surface area (Å²) >= 11 is 0. The summed E-state index contributed by atoms with van der Waals surface area (Å²) in [5.41, 5.74) is 3.05. The van der Waals surface area contributed by atoms with Gasteiger partial charge in [0.2, 0.25) is 15.0 Å². The van der Waals surface area contributed by atoms with Crippen LogP contribution in [0.3, 0.4) is 0 Å². The molecule has 0 radical (unpaired) electrons. The normalized spacial score (nSPS) is 11.9. The fourth-order valence-electron chi connectivity index (χ4n) is 3.35. The van der Waals surface area contributed by atoms with E-state index in [-0.39, 0.29) is 5.16 Å². The molecule has 8 nitrogen and oxygen atoms in total. The zero-order valence-corrected chi connectivity index (χ0v) is 16.9. The molecule has 0 aliphatic carbocycles. The van der Waals surface area contributed by atoms with Crippen molar-refractivity contribution in [3.05, 3.63) is 61.0 Å². The van der Waals surface area contributed by atoms with Gasteiger partial charge in [-0.1, -0.05) is 0 Å². The van der Waals surface area contributed by atoms with Crippen LogP contribution in [0.4, 0.5) is 0 Å². The summed E-state index contributed by atoms with van der Waals surface area (Å²) in [7, 11) is -1.99. The fraction of sp³-hybridized carbons (Fsp3) is 0.0952. The summed E-state index contributed by atoms with van der Waals surface area (Å²) < 4.78 is 36.6. The lowest BCUT2D eigenvalue weighted by Gasteiger charge is -2.10. The molecule has 0 spiro atoms. The highest BCUT2D eigenvalue weighted by molar-refractivity contribution is 7.90. The maximum Gasteiger partial charge on any atom is 0.248 e. The third-order valence-corrected chi connectivity index (χ3v) is 5.61. The Labute approximate surface area is 171 Å². The number of methoxy groups -OCH3 is 1. The maximum atomic E-state index is 12.0. The van der Waals surface area contributed by atoms with E-state index in [9.17, 15) is 8.42 Å². The first-order valence-corrected chi connectivity index (χ1v) is 10.9. The molecule has 0 fully saturated rings. The first kappa shape index (κ1) is 18.3. The van der Waals surface area contributed by atoms with Crippen molar-refractivity contribution in [1.82, 2.24) is 19.5 Å². The second kappa shape index (κ2) is 6.67. The van der Waals surface area contributed by atoms with Crippen LogP contribution in [0, 0.1) is 0 Å². The number of fused-ring (bicyclic) bond motifs is 2. The van der Waals surface area contributed by atoms with Crippen molar-refractivity contribution in [1.29, 1.82) is 0 Å². The molecule has 0 saturated carbocycles. The van der Waals surface area contributed by atoms with Crippen molar-refractivity contribution < 1.29 is 17.6 Å². The van der Waals surface area contributed by atoms with Crippen molar-refractivity contribution in [2.75, 3.05) is 13.4 Å². The second-order valence-corrected chi connectivity index (χ2v) is 8.68. The molecule has 3 heterocycles. The highest BCUT2D eigenvalue weighted by atomic mass is 32.2. The van der Waals surface area contributed by atoms with Crippen LogP contribution in [0.5, 0.6) is 5.75 Å². The van der Waals surface area contributed by atoms with Crippen molar-refractivity contribution in [3.8, 4) is 23.0 Å². The van der Waals surface area contributed by atoms with E-state index in [0.717, 1.165) is 33.8 Å². The smallest absolute Gasteiger partial charge is 0.248 e. The predicted molar refractivity (Wildman–Crippen MR) is 112 cm³/mol. The number of hydrogen-bond acceptors (Lipinski definition) is 7. The molecule has 5 rings (SSSR count). The average Bonchev–Trinajstić information content (AvgIpc) is 3.36. The lowest BCUT2D eigenvalue weighted by molar-refractivity contribution is 0.415. The highest BCUT2D eigenvalue weighted by Crippen LogP contribution is 2.32. The molecule has 0 saturated heterocycles. The van der Waals surface area contributed by atoms with Crippen LogP contribution >= 0.6 is 0 Å². The van der Waals surface area contributed by atoms with Crippen LogP contribution in [-0.2, 0) is 9.84 Å². The van der Waals surface area contributed by atoms with E-state index < -0.39 is 9.84 Å². The van der Waals surface area contributed by atoms with Gasteiger partial charge in [-0.2, -0.15) is 0 Å². The van der Waals surface area contributed by atoms with Crippen molar-refractivity contribution in [3.63, 3.8) is 0 Å². The average molecular weight is 420 g/mol. The van der Waals surface area contributed by atoms with E-state index in [1.165, 1.54) is 6.20 Å². The summed E-state index contributed by atoms with van der Waals surface area (Å²) in [6.07, 6.45) is 4.13. The summed E-state index contributed by atoms with van der Waals surface area (Å²) in [6.45, 7) is 0. The minimum absolute atomic E-state index is 0.249.